The summed E-state index contributed by atoms with van der Waals surface area (Å²) in [6.45, 7) is 1.97. The van der Waals surface area contributed by atoms with Gasteiger partial charge in [0.25, 0.3) is 5.91 Å². The molecule has 0 aliphatic carbocycles. The van der Waals surface area contributed by atoms with Crippen LogP contribution in [0.4, 0.5) is 10.1 Å². The predicted octanol–water partition coefficient (Wildman–Crippen LogP) is 4.43. The normalized spacial score (nSPS) is 11.2. The minimum atomic E-state index is -0.349. The maximum Gasteiger partial charge on any atom is 0.328 e. The Balaban J connectivity index is 1.57. The predicted molar refractivity (Wildman–Crippen MR) is 130 cm³/mol. The molecule has 34 heavy (non-hydrogen) atoms. The summed E-state index contributed by atoms with van der Waals surface area (Å²) in [6.07, 6.45) is 1.64. The number of imidazole rings is 1. The topological polar surface area (TPSA) is 73.8 Å². The number of carbonyl (C=O) groups is 1. The number of aryl methyl sites for hydroxylation is 3. The zero-order chi connectivity index (χ0) is 24.0. The van der Waals surface area contributed by atoms with Crippen molar-refractivity contribution in [2.24, 2.45) is 14.1 Å². The SMILES string of the molecule is Cc1cccc(-c2nn(-c3ccc(F)cc3)cc2C(=O)Nc2ccc3c(c2)n(C)c(=O)n3C)c1. The molecule has 0 radical (unpaired) electrons. The number of amides is 1. The first-order valence-corrected chi connectivity index (χ1v) is 10.7. The minimum Gasteiger partial charge on any atom is -0.322 e. The molecule has 0 saturated carbocycles. The fraction of sp³-hybridized carbons (Fsp3) is 0.115. The largest absolute Gasteiger partial charge is 0.328 e. The molecular formula is C26H22FN5O2. The van der Waals surface area contributed by atoms with Gasteiger partial charge in [-0.05, 0) is 55.5 Å². The average Bonchev–Trinajstić information content (AvgIpc) is 3.36. The first-order chi connectivity index (χ1) is 16.3. The molecule has 2 heterocycles. The average molecular weight is 455 g/mol. The summed E-state index contributed by atoms with van der Waals surface area (Å²) in [5, 5.41) is 7.58. The third kappa shape index (κ3) is 3.69. The van der Waals surface area contributed by atoms with Crippen LogP contribution >= 0.6 is 0 Å². The molecule has 3 aromatic carbocycles. The molecule has 0 spiro atoms. The number of hydrogen-bond acceptors (Lipinski definition) is 3. The first kappa shape index (κ1) is 21.4. The Hall–Kier alpha value is -4.46. The standard InChI is InChI=1S/C26H22FN5O2/c1-16-5-4-6-17(13-16)24-21(15-32(29-24)20-10-7-18(27)8-11-20)25(33)28-19-9-12-22-23(14-19)31(3)26(34)30(22)2/h4-15H,1-3H3,(H,28,33). The van der Waals surface area contributed by atoms with Crippen molar-refractivity contribution in [1.82, 2.24) is 18.9 Å². The number of rotatable bonds is 4. The van der Waals surface area contributed by atoms with E-state index in [4.69, 9.17) is 0 Å². The molecule has 8 heteroatoms. The van der Waals surface area contributed by atoms with E-state index >= 15 is 0 Å². The Morgan fingerprint density at radius 1 is 0.941 bits per heavy atom. The summed E-state index contributed by atoms with van der Waals surface area (Å²) in [7, 11) is 3.40. The van der Waals surface area contributed by atoms with Crippen LogP contribution in [0, 0.1) is 12.7 Å². The van der Waals surface area contributed by atoms with Crippen LogP contribution in [0.3, 0.4) is 0 Å². The zero-order valence-electron chi connectivity index (χ0n) is 18.9. The van der Waals surface area contributed by atoms with Crippen molar-refractivity contribution in [1.29, 1.82) is 0 Å². The molecule has 7 nitrogen and oxygen atoms in total. The second kappa shape index (κ2) is 8.15. The van der Waals surface area contributed by atoms with E-state index in [2.05, 4.69) is 10.4 Å². The Bertz CT molecular complexity index is 1610. The zero-order valence-corrected chi connectivity index (χ0v) is 18.9. The number of fused-ring (bicyclic) bond motifs is 1. The van der Waals surface area contributed by atoms with Crippen molar-refractivity contribution in [3.05, 3.63) is 100 Å². The van der Waals surface area contributed by atoms with Crippen molar-refractivity contribution < 1.29 is 9.18 Å². The van der Waals surface area contributed by atoms with E-state index < -0.39 is 0 Å². The van der Waals surface area contributed by atoms with Crippen LogP contribution in [0.5, 0.6) is 0 Å². The maximum atomic E-state index is 13.4. The summed E-state index contributed by atoms with van der Waals surface area (Å²) in [4.78, 5) is 25.6. The van der Waals surface area contributed by atoms with Crippen LogP contribution in [-0.2, 0) is 14.1 Å². The summed E-state index contributed by atoms with van der Waals surface area (Å²) in [5.74, 6) is -0.691. The monoisotopic (exact) mass is 455 g/mol. The van der Waals surface area contributed by atoms with Crippen LogP contribution in [0.15, 0.2) is 77.7 Å². The number of hydrogen-bond donors (Lipinski definition) is 1. The molecule has 0 unspecified atom stereocenters. The third-order valence-corrected chi connectivity index (χ3v) is 5.87. The third-order valence-electron chi connectivity index (χ3n) is 5.87. The summed E-state index contributed by atoms with van der Waals surface area (Å²) < 4.78 is 18.1. The Morgan fingerprint density at radius 2 is 1.68 bits per heavy atom. The first-order valence-electron chi connectivity index (χ1n) is 10.7. The Labute approximate surface area is 194 Å². The van der Waals surface area contributed by atoms with Crippen LogP contribution in [0.25, 0.3) is 28.0 Å². The van der Waals surface area contributed by atoms with E-state index in [9.17, 15) is 14.0 Å². The van der Waals surface area contributed by atoms with Crippen LogP contribution in [-0.4, -0.2) is 24.8 Å². The molecule has 0 bridgehead atoms. The second-order valence-corrected chi connectivity index (χ2v) is 8.24. The van der Waals surface area contributed by atoms with Crippen molar-refractivity contribution in [2.45, 2.75) is 6.92 Å². The number of aromatic nitrogens is 4. The van der Waals surface area contributed by atoms with Gasteiger partial charge in [-0.3, -0.25) is 13.9 Å². The molecule has 1 amide bonds. The molecule has 0 fully saturated rings. The quantitative estimate of drug-likeness (QED) is 0.436. The second-order valence-electron chi connectivity index (χ2n) is 8.24. The Kier molecular flexibility index (Phi) is 5.13. The van der Waals surface area contributed by atoms with Gasteiger partial charge in [0.05, 0.1) is 22.3 Å². The molecule has 170 valence electrons. The van der Waals surface area contributed by atoms with E-state index in [1.165, 1.54) is 16.7 Å². The van der Waals surface area contributed by atoms with Crippen LogP contribution in [0.1, 0.15) is 15.9 Å². The highest BCUT2D eigenvalue weighted by Gasteiger charge is 2.20. The lowest BCUT2D eigenvalue weighted by atomic mass is 10.1. The van der Waals surface area contributed by atoms with E-state index in [-0.39, 0.29) is 17.4 Å². The fourth-order valence-corrected chi connectivity index (χ4v) is 4.05. The molecule has 0 saturated heterocycles. The lowest BCUT2D eigenvalue weighted by Crippen LogP contribution is -2.19. The van der Waals surface area contributed by atoms with Gasteiger partial charge in [0, 0.05) is 31.5 Å². The highest BCUT2D eigenvalue weighted by molar-refractivity contribution is 6.08. The van der Waals surface area contributed by atoms with Crippen molar-refractivity contribution >= 4 is 22.6 Å². The van der Waals surface area contributed by atoms with Gasteiger partial charge in [-0.2, -0.15) is 5.10 Å². The molecule has 1 N–H and O–H groups in total. The molecule has 0 aliphatic heterocycles. The van der Waals surface area contributed by atoms with E-state index in [1.54, 1.807) is 59.9 Å². The van der Waals surface area contributed by atoms with Crippen LogP contribution < -0.4 is 11.0 Å². The molecule has 5 rings (SSSR count). The number of anilines is 1. The summed E-state index contributed by atoms with van der Waals surface area (Å²) >= 11 is 0. The molecule has 0 atom stereocenters. The maximum absolute atomic E-state index is 13.4. The van der Waals surface area contributed by atoms with Crippen molar-refractivity contribution in [2.75, 3.05) is 5.32 Å². The molecule has 5 aromatic rings. The highest BCUT2D eigenvalue weighted by Crippen LogP contribution is 2.26. The van der Waals surface area contributed by atoms with Gasteiger partial charge in [-0.15, -0.1) is 0 Å². The van der Waals surface area contributed by atoms with Gasteiger partial charge >= 0.3 is 5.69 Å². The van der Waals surface area contributed by atoms with Crippen LogP contribution in [0.2, 0.25) is 0 Å². The summed E-state index contributed by atoms with van der Waals surface area (Å²) in [5.41, 5.74) is 5.26. The lowest BCUT2D eigenvalue weighted by Gasteiger charge is -2.07. The number of nitrogens with one attached hydrogen (secondary N) is 1. The number of nitrogens with zero attached hydrogens (tertiary/aromatic N) is 4. The molecule has 0 aliphatic rings. The van der Waals surface area contributed by atoms with Crippen molar-refractivity contribution in [3.8, 4) is 16.9 Å². The number of benzene rings is 3. The van der Waals surface area contributed by atoms with Crippen molar-refractivity contribution in [3.63, 3.8) is 0 Å². The lowest BCUT2D eigenvalue weighted by molar-refractivity contribution is 0.102. The highest BCUT2D eigenvalue weighted by atomic mass is 19.1. The fourth-order valence-electron chi connectivity index (χ4n) is 4.05. The smallest absolute Gasteiger partial charge is 0.322 e. The van der Waals surface area contributed by atoms with Gasteiger partial charge in [-0.1, -0.05) is 23.8 Å². The Morgan fingerprint density at radius 3 is 2.41 bits per heavy atom. The van der Waals surface area contributed by atoms with Gasteiger partial charge in [0.15, 0.2) is 0 Å². The minimum absolute atomic E-state index is 0.138. The van der Waals surface area contributed by atoms with E-state index in [1.807, 2.05) is 31.2 Å². The van der Waals surface area contributed by atoms with Gasteiger partial charge in [0.2, 0.25) is 0 Å². The molecule has 2 aromatic heterocycles. The van der Waals surface area contributed by atoms with E-state index in [0.29, 0.717) is 28.1 Å². The summed E-state index contributed by atoms with van der Waals surface area (Å²) in [6, 6.07) is 19.0. The van der Waals surface area contributed by atoms with Gasteiger partial charge in [0.1, 0.15) is 11.5 Å². The molecular weight excluding hydrogens is 433 g/mol. The number of halogens is 1. The van der Waals surface area contributed by atoms with E-state index in [0.717, 1.165) is 16.6 Å². The van der Waals surface area contributed by atoms with Gasteiger partial charge < -0.3 is 5.32 Å². The number of carbonyl (C=O) groups excluding carboxylic acids is 1. The van der Waals surface area contributed by atoms with Gasteiger partial charge in [-0.25, -0.2) is 13.9 Å².